The second-order valence-electron chi connectivity index (χ2n) is 13.2. The predicted molar refractivity (Wildman–Crippen MR) is 221 cm³/mol. The summed E-state index contributed by atoms with van der Waals surface area (Å²) in [4.78, 5) is 30.9. The Morgan fingerprint density at radius 1 is 0.537 bits per heavy atom. The number of hydrogen-bond donors (Lipinski definition) is 2. The first-order valence-corrected chi connectivity index (χ1v) is 17.8. The summed E-state index contributed by atoms with van der Waals surface area (Å²) in [6.45, 7) is 5.61. The summed E-state index contributed by atoms with van der Waals surface area (Å²) < 4.78 is 5.88. The molecule has 2 N–H and O–H groups in total. The standard InChI is InChI=1S/C48H34N4O2/c1-3-44(53)54-43-29-30(2)19-20-34(43)48-41-27-25-39(51-41)46(32-15-9-5-10-16-32)37-23-21-35(49-37)45(31-13-7-4-8-14-31)36-22-24-38(50-36)47(33-17-11-6-12-18-33)40-26-28-42(48)52-40/h3-29,49,52H,1H2,2H3. The molecule has 7 aromatic rings. The summed E-state index contributed by atoms with van der Waals surface area (Å²) in [5.74, 6) is -0.115. The lowest BCUT2D eigenvalue weighted by atomic mass is 10.0. The van der Waals surface area contributed by atoms with E-state index in [4.69, 9.17) is 14.7 Å². The van der Waals surface area contributed by atoms with Gasteiger partial charge >= 0.3 is 5.97 Å². The van der Waals surface area contributed by atoms with E-state index < -0.39 is 5.97 Å². The first kappa shape index (κ1) is 32.6. The van der Waals surface area contributed by atoms with E-state index in [0.29, 0.717) is 5.75 Å². The van der Waals surface area contributed by atoms with Crippen LogP contribution in [0, 0.1) is 6.92 Å². The Kier molecular flexibility index (Phi) is 8.25. The fourth-order valence-corrected chi connectivity index (χ4v) is 7.28. The Labute approximate surface area is 312 Å². The van der Waals surface area contributed by atoms with Gasteiger partial charge in [0.25, 0.3) is 0 Å². The Morgan fingerprint density at radius 2 is 0.926 bits per heavy atom. The molecule has 0 spiro atoms. The molecule has 0 amide bonds. The van der Waals surface area contributed by atoms with Crippen LogP contribution in [0.1, 0.15) is 28.3 Å². The molecule has 2 aliphatic rings. The lowest BCUT2D eigenvalue weighted by Gasteiger charge is -2.12. The van der Waals surface area contributed by atoms with Crippen molar-refractivity contribution in [1.82, 2.24) is 19.9 Å². The van der Waals surface area contributed by atoms with Crippen molar-refractivity contribution in [3.05, 3.63) is 174 Å². The highest BCUT2D eigenvalue weighted by molar-refractivity contribution is 6.00. The van der Waals surface area contributed by atoms with Crippen molar-refractivity contribution in [2.45, 2.75) is 6.92 Å². The van der Waals surface area contributed by atoms with Crippen molar-refractivity contribution < 1.29 is 9.53 Å². The van der Waals surface area contributed by atoms with E-state index in [-0.39, 0.29) is 0 Å². The van der Waals surface area contributed by atoms with Gasteiger partial charge in [0.2, 0.25) is 0 Å². The molecule has 8 bridgehead atoms. The zero-order chi connectivity index (χ0) is 36.6. The molecule has 54 heavy (non-hydrogen) atoms. The molecule has 4 aromatic carbocycles. The third kappa shape index (κ3) is 5.95. The predicted octanol–water partition coefficient (Wildman–Crippen LogP) is 11.7. The van der Waals surface area contributed by atoms with Crippen LogP contribution in [0.15, 0.2) is 146 Å². The molecular weight excluding hydrogens is 665 g/mol. The van der Waals surface area contributed by atoms with E-state index in [0.717, 1.165) is 94.9 Å². The maximum absolute atomic E-state index is 12.7. The van der Waals surface area contributed by atoms with Crippen molar-refractivity contribution >= 4 is 52.3 Å². The van der Waals surface area contributed by atoms with Gasteiger partial charge in [-0.25, -0.2) is 14.8 Å². The van der Waals surface area contributed by atoms with Gasteiger partial charge in [0.1, 0.15) is 5.75 Å². The Balaban J connectivity index is 1.47. The number of H-pyrrole nitrogens is 2. The van der Waals surface area contributed by atoms with Crippen LogP contribution in [0.3, 0.4) is 0 Å². The number of nitrogens with one attached hydrogen (secondary N) is 2. The van der Waals surface area contributed by atoms with Gasteiger partial charge in [-0.05, 0) is 83.8 Å². The molecule has 6 nitrogen and oxygen atoms in total. The quantitative estimate of drug-likeness (QED) is 0.103. The minimum absolute atomic E-state index is 0.421. The molecule has 0 unspecified atom stereocenters. The van der Waals surface area contributed by atoms with Gasteiger partial charge in [-0.2, -0.15) is 0 Å². The lowest BCUT2D eigenvalue weighted by Crippen LogP contribution is -2.05. The molecule has 0 saturated heterocycles. The molecular formula is C48H34N4O2. The van der Waals surface area contributed by atoms with Crippen molar-refractivity contribution in [3.63, 3.8) is 0 Å². The molecule has 0 radical (unpaired) electrons. The largest absolute Gasteiger partial charge is 0.423 e. The van der Waals surface area contributed by atoms with E-state index in [1.165, 1.54) is 6.08 Å². The molecule has 0 fully saturated rings. The minimum atomic E-state index is -0.536. The first-order valence-electron chi connectivity index (χ1n) is 17.8. The van der Waals surface area contributed by atoms with Crippen LogP contribution >= 0.6 is 0 Å². The summed E-state index contributed by atoms with van der Waals surface area (Å²) in [7, 11) is 0. The minimum Gasteiger partial charge on any atom is -0.423 e. The molecule has 3 aromatic heterocycles. The number of esters is 1. The van der Waals surface area contributed by atoms with E-state index in [1.807, 2.05) is 73.7 Å². The third-order valence-corrected chi connectivity index (χ3v) is 9.72. The second kappa shape index (κ2) is 13.7. The number of carbonyl (C=O) groups is 1. The van der Waals surface area contributed by atoms with E-state index in [2.05, 4.69) is 108 Å². The zero-order valence-electron chi connectivity index (χ0n) is 29.5. The summed E-state index contributed by atoms with van der Waals surface area (Å²) in [5, 5.41) is 0. The highest BCUT2D eigenvalue weighted by Gasteiger charge is 2.21. The number of aromatic nitrogens is 4. The summed E-state index contributed by atoms with van der Waals surface area (Å²) in [5.41, 5.74) is 15.2. The number of aromatic amines is 2. The number of ether oxygens (including phenoxy) is 1. The van der Waals surface area contributed by atoms with Crippen LogP contribution in [0.5, 0.6) is 5.75 Å². The molecule has 0 atom stereocenters. The van der Waals surface area contributed by atoms with Crippen LogP contribution < -0.4 is 4.74 Å². The fourth-order valence-electron chi connectivity index (χ4n) is 7.28. The number of benzene rings is 4. The maximum Gasteiger partial charge on any atom is 0.335 e. The molecule has 258 valence electrons. The van der Waals surface area contributed by atoms with Crippen LogP contribution in [-0.4, -0.2) is 25.9 Å². The molecule has 9 rings (SSSR count). The highest BCUT2D eigenvalue weighted by atomic mass is 16.5. The van der Waals surface area contributed by atoms with Gasteiger partial charge < -0.3 is 14.7 Å². The van der Waals surface area contributed by atoms with Crippen LogP contribution in [0.4, 0.5) is 0 Å². The first-order chi connectivity index (χ1) is 26.5. The molecule has 5 heterocycles. The number of rotatable bonds is 6. The molecule has 2 aliphatic heterocycles. The van der Waals surface area contributed by atoms with Gasteiger partial charge in [-0.1, -0.05) is 110 Å². The van der Waals surface area contributed by atoms with Crippen molar-refractivity contribution in [1.29, 1.82) is 0 Å². The molecule has 0 aliphatic carbocycles. The second-order valence-corrected chi connectivity index (χ2v) is 13.2. The topological polar surface area (TPSA) is 83.7 Å². The van der Waals surface area contributed by atoms with Crippen LogP contribution in [0.2, 0.25) is 0 Å². The van der Waals surface area contributed by atoms with Crippen molar-refractivity contribution in [2.75, 3.05) is 0 Å². The molecule has 0 saturated carbocycles. The number of carbonyl (C=O) groups excluding carboxylic acids is 1. The van der Waals surface area contributed by atoms with Crippen molar-refractivity contribution in [2.24, 2.45) is 0 Å². The zero-order valence-corrected chi connectivity index (χ0v) is 29.5. The SMILES string of the molecule is C=CC(=O)Oc1cc(C)ccc1-c1c2nc(c(-c3ccccc3)c3ccc([nH]3)c(-c3ccccc3)c3nc(c(-c4ccccc4)c4ccc1[nH]4)C=C3)C=C2. The van der Waals surface area contributed by atoms with E-state index in [1.54, 1.807) is 0 Å². The van der Waals surface area contributed by atoms with Gasteiger partial charge in [-0.15, -0.1) is 0 Å². The monoisotopic (exact) mass is 698 g/mol. The Hall–Kier alpha value is -7.31. The number of aryl methyl sites for hydroxylation is 1. The lowest BCUT2D eigenvalue weighted by molar-refractivity contribution is -0.128. The summed E-state index contributed by atoms with van der Waals surface area (Å²) in [6.07, 6.45) is 9.45. The Bertz CT molecular complexity index is 2790. The Morgan fingerprint density at radius 3 is 1.33 bits per heavy atom. The smallest absolute Gasteiger partial charge is 0.335 e. The highest BCUT2D eigenvalue weighted by Crippen LogP contribution is 2.40. The number of hydrogen-bond acceptors (Lipinski definition) is 4. The van der Waals surface area contributed by atoms with Gasteiger partial charge in [0.05, 0.1) is 22.8 Å². The average Bonchev–Trinajstić information content (AvgIpc) is 4.05. The van der Waals surface area contributed by atoms with Gasteiger partial charge in [-0.3, -0.25) is 0 Å². The van der Waals surface area contributed by atoms with Gasteiger partial charge in [0.15, 0.2) is 0 Å². The maximum atomic E-state index is 12.7. The van der Waals surface area contributed by atoms with Crippen LogP contribution in [0.25, 0.3) is 90.9 Å². The number of fused-ring (bicyclic) bond motifs is 8. The van der Waals surface area contributed by atoms with Gasteiger partial charge in [0, 0.05) is 56.0 Å². The van der Waals surface area contributed by atoms with E-state index in [9.17, 15) is 4.79 Å². The normalized spacial score (nSPS) is 11.8. The van der Waals surface area contributed by atoms with E-state index >= 15 is 0 Å². The molecule has 6 heteroatoms. The average molecular weight is 699 g/mol. The van der Waals surface area contributed by atoms with Crippen LogP contribution in [-0.2, 0) is 4.79 Å². The third-order valence-electron chi connectivity index (χ3n) is 9.72. The summed E-state index contributed by atoms with van der Waals surface area (Å²) >= 11 is 0. The van der Waals surface area contributed by atoms with Crippen molar-refractivity contribution in [3.8, 4) is 50.3 Å². The summed E-state index contributed by atoms with van der Waals surface area (Å²) in [6, 6.07) is 45.2. The number of nitrogens with zero attached hydrogens (tertiary/aromatic N) is 2. The fraction of sp³-hybridized carbons (Fsp3) is 0.0208.